The van der Waals surface area contributed by atoms with E-state index in [0.29, 0.717) is 10.9 Å². The summed E-state index contributed by atoms with van der Waals surface area (Å²) in [6.45, 7) is 3.30. The summed E-state index contributed by atoms with van der Waals surface area (Å²) in [7, 11) is -3.07. The van der Waals surface area contributed by atoms with Crippen molar-refractivity contribution in [3.05, 3.63) is 29.8 Å². The molecule has 1 aromatic rings. The Morgan fingerprint density at radius 1 is 1.14 bits per heavy atom. The van der Waals surface area contributed by atoms with E-state index in [1.165, 1.54) is 12.8 Å². The maximum Gasteiger partial charge on any atom is 0.178 e. The van der Waals surface area contributed by atoms with Gasteiger partial charge in [0.1, 0.15) is 0 Å². The van der Waals surface area contributed by atoms with Crippen LogP contribution >= 0.6 is 0 Å². The van der Waals surface area contributed by atoms with E-state index in [4.69, 9.17) is 0 Å². The molecule has 0 amide bonds. The molecule has 1 aromatic carbocycles. The number of piperidine rings is 1. The van der Waals surface area contributed by atoms with E-state index >= 15 is 0 Å². The lowest BCUT2D eigenvalue weighted by molar-refractivity contribution is 0.223. The van der Waals surface area contributed by atoms with Crippen molar-refractivity contribution in [1.29, 1.82) is 0 Å². The van der Waals surface area contributed by atoms with Gasteiger partial charge in [0.15, 0.2) is 9.84 Å². The largest absolute Gasteiger partial charge is 0.312 e. The predicted molar refractivity (Wildman–Crippen MR) is 81.9 cm³/mol. The second-order valence-electron chi connectivity index (χ2n) is 6.58. The van der Waals surface area contributed by atoms with Gasteiger partial charge in [-0.3, -0.25) is 4.90 Å². The third-order valence-corrected chi connectivity index (χ3v) is 7.16. The van der Waals surface area contributed by atoms with Crippen LogP contribution in [-0.2, 0) is 9.84 Å². The number of fused-ring (bicyclic) bond motifs is 2. The topological polar surface area (TPSA) is 49.4 Å². The summed E-state index contributed by atoms with van der Waals surface area (Å²) >= 11 is 0. The van der Waals surface area contributed by atoms with Gasteiger partial charge in [-0.15, -0.1) is 0 Å². The monoisotopic (exact) mass is 306 g/mol. The van der Waals surface area contributed by atoms with Crippen LogP contribution < -0.4 is 5.32 Å². The molecule has 3 aliphatic rings. The van der Waals surface area contributed by atoms with Gasteiger partial charge in [-0.05, 0) is 43.4 Å². The van der Waals surface area contributed by atoms with Crippen LogP contribution in [0, 0.1) is 5.92 Å². The number of rotatable bonds is 1. The predicted octanol–water partition coefficient (Wildman–Crippen LogP) is 1.59. The van der Waals surface area contributed by atoms with Crippen LogP contribution in [0.3, 0.4) is 0 Å². The second-order valence-corrected chi connectivity index (χ2v) is 8.66. The van der Waals surface area contributed by atoms with Crippen LogP contribution in [0.4, 0.5) is 0 Å². The van der Waals surface area contributed by atoms with E-state index < -0.39 is 9.84 Å². The zero-order valence-electron chi connectivity index (χ0n) is 12.2. The van der Waals surface area contributed by atoms with Crippen molar-refractivity contribution in [2.45, 2.75) is 36.2 Å². The first-order valence-corrected chi connectivity index (χ1v) is 9.59. The molecule has 114 valence electrons. The van der Waals surface area contributed by atoms with Crippen molar-refractivity contribution in [2.24, 2.45) is 5.92 Å². The van der Waals surface area contributed by atoms with E-state index in [1.807, 2.05) is 18.2 Å². The molecule has 0 radical (unpaired) electrons. The molecule has 0 spiro atoms. The normalized spacial score (nSPS) is 35.1. The minimum Gasteiger partial charge on any atom is -0.312 e. The fourth-order valence-corrected chi connectivity index (χ4v) is 5.89. The molecule has 0 aliphatic carbocycles. The van der Waals surface area contributed by atoms with Gasteiger partial charge >= 0.3 is 0 Å². The molecule has 3 heterocycles. The summed E-state index contributed by atoms with van der Waals surface area (Å²) < 4.78 is 24.5. The Bertz CT molecular complexity index is 629. The van der Waals surface area contributed by atoms with Gasteiger partial charge in [-0.1, -0.05) is 18.2 Å². The van der Waals surface area contributed by atoms with Gasteiger partial charge in [-0.2, -0.15) is 0 Å². The van der Waals surface area contributed by atoms with Gasteiger partial charge in [0.2, 0.25) is 0 Å². The first-order valence-electron chi connectivity index (χ1n) is 7.94. The third-order valence-electron chi connectivity index (χ3n) is 5.34. The van der Waals surface area contributed by atoms with Crippen LogP contribution in [0.25, 0.3) is 0 Å². The summed E-state index contributed by atoms with van der Waals surface area (Å²) in [6.07, 6.45) is 3.31. The minimum atomic E-state index is -3.07. The summed E-state index contributed by atoms with van der Waals surface area (Å²) in [5, 5.41) is 3.63. The maximum absolute atomic E-state index is 12.3. The highest BCUT2D eigenvalue weighted by molar-refractivity contribution is 7.91. The van der Waals surface area contributed by atoms with Gasteiger partial charge in [-0.25, -0.2) is 8.42 Å². The Balaban J connectivity index is 1.65. The number of benzene rings is 1. The average Bonchev–Trinajstić information content (AvgIpc) is 2.91. The van der Waals surface area contributed by atoms with E-state index in [1.54, 1.807) is 6.07 Å². The molecule has 21 heavy (non-hydrogen) atoms. The summed E-state index contributed by atoms with van der Waals surface area (Å²) in [6, 6.07) is 8.46. The standard InChI is InChI=1S/C16H22N2O2S/c19-21(20)9-7-15(13-5-1-2-6-16(13)21)18-10-12-4-3-8-17-14(12)11-18/h1-2,5-6,12,14-15,17H,3-4,7-11H2. The van der Waals surface area contributed by atoms with Gasteiger partial charge in [0, 0.05) is 25.2 Å². The highest BCUT2D eigenvalue weighted by Crippen LogP contribution is 2.39. The zero-order chi connectivity index (χ0) is 14.4. The molecular formula is C16H22N2O2S. The summed E-state index contributed by atoms with van der Waals surface area (Å²) in [5.74, 6) is 1.03. The Labute approximate surface area is 126 Å². The lowest BCUT2D eigenvalue weighted by atomic mass is 9.94. The van der Waals surface area contributed by atoms with E-state index in [2.05, 4.69) is 10.2 Å². The van der Waals surface area contributed by atoms with Crippen LogP contribution in [0.1, 0.15) is 30.9 Å². The molecule has 3 unspecified atom stereocenters. The molecule has 5 heteroatoms. The fraction of sp³-hybridized carbons (Fsp3) is 0.625. The number of likely N-dealkylation sites (tertiary alicyclic amines) is 1. The van der Waals surface area contributed by atoms with Gasteiger partial charge in [0.25, 0.3) is 0 Å². The van der Waals surface area contributed by atoms with Crippen molar-refractivity contribution >= 4 is 9.84 Å². The molecule has 0 saturated carbocycles. The SMILES string of the molecule is O=S1(=O)CCC(N2CC3CCCNC3C2)c2ccccc21. The first-order chi connectivity index (χ1) is 10.1. The fourth-order valence-electron chi connectivity index (χ4n) is 4.29. The van der Waals surface area contributed by atoms with Crippen LogP contribution in [-0.4, -0.2) is 44.7 Å². The number of nitrogens with one attached hydrogen (secondary N) is 1. The molecule has 0 bridgehead atoms. The summed E-state index contributed by atoms with van der Waals surface area (Å²) in [4.78, 5) is 3.07. The quantitative estimate of drug-likeness (QED) is 0.856. The Morgan fingerprint density at radius 2 is 2.00 bits per heavy atom. The van der Waals surface area contributed by atoms with Crippen LogP contribution in [0.5, 0.6) is 0 Å². The number of sulfone groups is 1. The van der Waals surface area contributed by atoms with Crippen LogP contribution in [0.2, 0.25) is 0 Å². The molecule has 2 saturated heterocycles. The highest BCUT2D eigenvalue weighted by Gasteiger charge is 2.40. The molecule has 4 rings (SSSR count). The van der Waals surface area contributed by atoms with Crippen LogP contribution in [0.15, 0.2) is 29.2 Å². The van der Waals surface area contributed by atoms with Crippen molar-refractivity contribution in [2.75, 3.05) is 25.4 Å². The van der Waals surface area contributed by atoms with Crippen molar-refractivity contribution in [1.82, 2.24) is 10.2 Å². The zero-order valence-corrected chi connectivity index (χ0v) is 13.0. The van der Waals surface area contributed by atoms with E-state index in [9.17, 15) is 8.42 Å². The molecule has 1 N–H and O–H groups in total. The van der Waals surface area contributed by atoms with Gasteiger partial charge in [0.05, 0.1) is 10.6 Å². The highest BCUT2D eigenvalue weighted by atomic mass is 32.2. The molecule has 4 nitrogen and oxygen atoms in total. The average molecular weight is 306 g/mol. The van der Waals surface area contributed by atoms with E-state index in [-0.39, 0.29) is 11.8 Å². The smallest absolute Gasteiger partial charge is 0.178 e. The van der Waals surface area contributed by atoms with Gasteiger partial charge < -0.3 is 5.32 Å². The second kappa shape index (κ2) is 5.07. The third kappa shape index (κ3) is 2.31. The number of hydrogen-bond donors (Lipinski definition) is 1. The van der Waals surface area contributed by atoms with Crippen molar-refractivity contribution < 1.29 is 8.42 Å². The van der Waals surface area contributed by atoms with E-state index in [0.717, 1.165) is 37.5 Å². The minimum absolute atomic E-state index is 0.275. The lowest BCUT2D eigenvalue weighted by Gasteiger charge is -2.33. The molecule has 0 aromatic heterocycles. The number of nitrogens with zero attached hydrogens (tertiary/aromatic N) is 1. The number of hydrogen-bond acceptors (Lipinski definition) is 4. The Hall–Kier alpha value is -0.910. The molecule has 3 aliphatic heterocycles. The van der Waals surface area contributed by atoms with Crippen molar-refractivity contribution in [3.63, 3.8) is 0 Å². The maximum atomic E-state index is 12.3. The Kier molecular flexibility index (Phi) is 3.32. The summed E-state index contributed by atoms with van der Waals surface area (Å²) in [5.41, 5.74) is 1.02. The first kappa shape index (κ1) is 13.7. The lowest BCUT2D eigenvalue weighted by Crippen LogP contribution is -2.41. The Morgan fingerprint density at radius 3 is 2.86 bits per heavy atom. The molecule has 3 atom stereocenters. The molecule has 2 fully saturated rings. The molecular weight excluding hydrogens is 284 g/mol. The van der Waals surface area contributed by atoms with Crippen molar-refractivity contribution in [3.8, 4) is 0 Å².